The van der Waals surface area contributed by atoms with Gasteiger partial charge in [0.2, 0.25) is 5.91 Å². The van der Waals surface area contributed by atoms with Crippen LogP contribution >= 0.6 is 0 Å². The summed E-state index contributed by atoms with van der Waals surface area (Å²) < 4.78 is 5.25. The number of carbonyl (C=O) groups excluding carboxylic acids is 1. The number of nitrogens with zero attached hydrogens (tertiary/aromatic N) is 4. The van der Waals surface area contributed by atoms with Gasteiger partial charge in [-0.15, -0.1) is 0 Å². The van der Waals surface area contributed by atoms with Gasteiger partial charge in [0.1, 0.15) is 11.6 Å². The number of methoxy groups -OCH3 is 1. The van der Waals surface area contributed by atoms with Crippen LogP contribution in [0.3, 0.4) is 0 Å². The molecule has 132 valence electrons. The van der Waals surface area contributed by atoms with Gasteiger partial charge in [-0.05, 0) is 12.1 Å². The predicted molar refractivity (Wildman–Crippen MR) is 96.9 cm³/mol. The van der Waals surface area contributed by atoms with E-state index in [0.29, 0.717) is 17.9 Å². The van der Waals surface area contributed by atoms with Crippen molar-refractivity contribution in [1.82, 2.24) is 14.9 Å². The summed E-state index contributed by atoms with van der Waals surface area (Å²) in [6.07, 6.45) is 5.64. The number of para-hydroxylation sites is 2. The maximum atomic E-state index is 12.2. The Hall–Kier alpha value is -2.67. The van der Waals surface area contributed by atoms with E-state index in [2.05, 4.69) is 25.1 Å². The summed E-state index contributed by atoms with van der Waals surface area (Å²) in [7, 11) is 1.60. The highest BCUT2D eigenvalue weighted by molar-refractivity contribution is 5.92. The fourth-order valence-corrected chi connectivity index (χ4v) is 2.88. The second-order valence-corrected chi connectivity index (χ2v) is 5.89. The Kier molecular flexibility index (Phi) is 5.79. The fourth-order valence-electron chi connectivity index (χ4n) is 2.88. The minimum Gasteiger partial charge on any atom is -0.495 e. The van der Waals surface area contributed by atoms with Gasteiger partial charge >= 0.3 is 0 Å². The first kappa shape index (κ1) is 17.2. The highest BCUT2D eigenvalue weighted by Gasteiger charge is 2.18. The molecule has 0 unspecified atom stereocenters. The molecule has 1 saturated heterocycles. The molecule has 1 aliphatic rings. The molecule has 0 atom stereocenters. The lowest BCUT2D eigenvalue weighted by Gasteiger charge is -2.35. The van der Waals surface area contributed by atoms with E-state index in [-0.39, 0.29) is 5.91 Å². The van der Waals surface area contributed by atoms with Crippen LogP contribution in [0.25, 0.3) is 0 Å². The van der Waals surface area contributed by atoms with E-state index in [1.54, 1.807) is 25.7 Å². The number of hydrogen-bond acceptors (Lipinski definition) is 6. The summed E-state index contributed by atoms with van der Waals surface area (Å²) in [5, 5.41) is 2.92. The van der Waals surface area contributed by atoms with Crippen molar-refractivity contribution in [2.24, 2.45) is 0 Å². The van der Waals surface area contributed by atoms with E-state index < -0.39 is 0 Å². The van der Waals surface area contributed by atoms with Crippen LogP contribution in [0.2, 0.25) is 0 Å². The number of rotatable bonds is 6. The summed E-state index contributed by atoms with van der Waals surface area (Å²) in [4.78, 5) is 25.2. The van der Waals surface area contributed by atoms with Gasteiger partial charge in [-0.1, -0.05) is 12.1 Å². The zero-order chi connectivity index (χ0) is 17.5. The van der Waals surface area contributed by atoms with E-state index in [9.17, 15) is 4.79 Å². The average Bonchev–Trinajstić information content (AvgIpc) is 2.68. The standard InChI is InChI=1S/C18H23N5O2/c1-25-16-5-3-2-4-15(16)21-18(24)6-9-22-10-12-23(13-11-22)17-14-19-7-8-20-17/h2-5,7-8,14H,6,9-13H2,1H3,(H,21,24). The van der Waals surface area contributed by atoms with Gasteiger partial charge in [0.25, 0.3) is 0 Å². The predicted octanol–water partition coefficient (Wildman–Crippen LogP) is 1.64. The monoisotopic (exact) mass is 341 g/mol. The molecule has 1 aromatic heterocycles. The van der Waals surface area contributed by atoms with Gasteiger partial charge in [-0.2, -0.15) is 0 Å². The van der Waals surface area contributed by atoms with Crippen LogP contribution in [-0.2, 0) is 4.79 Å². The first-order valence-electron chi connectivity index (χ1n) is 8.42. The Bertz CT molecular complexity index is 687. The Labute approximate surface area is 147 Å². The molecule has 0 aliphatic carbocycles. The normalized spacial score (nSPS) is 15.0. The average molecular weight is 341 g/mol. The summed E-state index contributed by atoms with van der Waals surface area (Å²) in [5.74, 6) is 1.59. The van der Waals surface area contributed by atoms with E-state index >= 15 is 0 Å². The number of hydrogen-bond donors (Lipinski definition) is 1. The zero-order valence-electron chi connectivity index (χ0n) is 14.4. The quantitative estimate of drug-likeness (QED) is 0.861. The molecule has 2 aromatic rings. The molecule has 1 amide bonds. The molecule has 3 rings (SSSR count). The molecule has 1 fully saturated rings. The van der Waals surface area contributed by atoms with Crippen molar-refractivity contribution >= 4 is 17.4 Å². The lowest BCUT2D eigenvalue weighted by atomic mass is 10.2. The van der Waals surface area contributed by atoms with Crippen molar-refractivity contribution in [3.8, 4) is 5.75 Å². The molecule has 1 aliphatic heterocycles. The summed E-state index contributed by atoms with van der Waals surface area (Å²) in [6, 6.07) is 7.44. The van der Waals surface area contributed by atoms with Gasteiger partial charge in [-0.3, -0.25) is 14.7 Å². The molecular formula is C18H23N5O2. The van der Waals surface area contributed by atoms with Crippen LogP contribution in [-0.4, -0.2) is 60.6 Å². The molecule has 0 radical (unpaired) electrons. The molecule has 2 heterocycles. The van der Waals surface area contributed by atoms with Crippen LogP contribution in [0.15, 0.2) is 42.9 Å². The van der Waals surface area contributed by atoms with Crippen molar-refractivity contribution < 1.29 is 9.53 Å². The Morgan fingerprint density at radius 3 is 2.72 bits per heavy atom. The van der Waals surface area contributed by atoms with Crippen molar-refractivity contribution in [2.45, 2.75) is 6.42 Å². The number of ether oxygens (including phenoxy) is 1. The van der Waals surface area contributed by atoms with Crippen LogP contribution in [0.4, 0.5) is 11.5 Å². The third kappa shape index (κ3) is 4.67. The number of aromatic nitrogens is 2. The summed E-state index contributed by atoms with van der Waals surface area (Å²) in [5.41, 5.74) is 0.711. The van der Waals surface area contributed by atoms with Crippen molar-refractivity contribution in [3.05, 3.63) is 42.9 Å². The lowest BCUT2D eigenvalue weighted by Crippen LogP contribution is -2.47. The van der Waals surface area contributed by atoms with Gasteiger partial charge in [0, 0.05) is 51.5 Å². The van der Waals surface area contributed by atoms with Crippen LogP contribution in [0.1, 0.15) is 6.42 Å². The fraction of sp³-hybridized carbons (Fsp3) is 0.389. The topological polar surface area (TPSA) is 70.6 Å². The van der Waals surface area contributed by atoms with Gasteiger partial charge in [-0.25, -0.2) is 4.98 Å². The van der Waals surface area contributed by atoms with Gasteiger partial charge in [0.15, 0.2) is 0 Å². The number of anilines is 2. The Morgan fingerprint density at radius 1 is 1.20 bits per heavy atom. The third-order valence-corrected chi connectivity index (χ3v) is 4.28. The molecule has 0 spiro atoms. The first-order chi connectivity index (χ1) is 12.3. The molecule has 7 nitrogen and oxygen atoms in total. The Morgan fingerprint density at radius 2 is 2.00 bits per heavy atom. The highest BCUT2D eigenvalue weighted by Crippen LogP contribution is 2.23. The maximum Gasteiger partial charge on any atom is 0.225 e. The smallest absolute Gasteiger partial charge is 0.225 e. The molecule has 0 saturated carbocycles. The van der Waals surface area contributed by atoms with Crippen molar-refractivity contribution in [2.75, 3.05) is 50.1 Å². The molecule has 1 N–H and O–H groups in total. The number of carbonyl (C=O) groups is 1. The molecular weight excluding hydrogens is 318 g/mol. The second-order valence-electron chi connectivity index (χ2n) is 5.89. The van der Waals surface area contributed by atoms with Crippen LogP contribution in [0.5, 0.6) is 5.75 Å². The van der Waals surface area contributed by atoms with E-state index in [0.717, 1.165) is 38.5 Å². The first-order valence-corrected chi connectivity index (χ1v) is 8.42. The van der Waals surface area contributed by atoms with Crippen molar-refractivity contribution in [1.29, 1.82) is 0 Å². The number of amides is 1. The van der Waals surface area contributed by atoms with Gasteiger partial charge < -0.3 is 15.0 Å². The van der Waals surface area contributed by atoms with Crippen molar-refractivity contribution in [3.63, 3.8) is 0 Å². The third-order valence-electron chi connectivity index (χ3n) is 4.28. The van der Waals surface area contributed by atoms with E-state index in [1.807, 2.05) is 24.3 Å². The number of benzene rings is 1. The zero-order valence-corrected chi connectivity index (χ0v) is 14.4. The van der Waals surface area contributed by atoms with Crippen LogP contribution in [0, 0.1) is 0 Å². The van der Waals surface area contributed by atoms with E-state index in [4.69, 9.17) is 4.74 Å². The molecule has 0 bridgehead atoms. The van der Waals surface area contributed by atoms with Crippen LogP contribution < -0.4 is 15.0 Å². The molecule has 1 aromatic carbocycles. The Balaban J connectivity index is 1.43. The minimum absolute atomic E-state index is 0.000792. The van der Waals surface area contributed by atoms with E-state index in [1.165, 1.54) is 0 Å². The minimum atomic E-state index is 0.000792. The molecule has 25 heavy (non-hydrogen) atoms. The maximum absolute atomic E-state index is 12.2. The summed E-state index contributed by atoms with van der Waals surface area (Å²) in [6.45, 7) is 4.37. The largest absolute Gasteiger partial charge is 0.495 e. The lowest BCUT2D eigenvalue weighted by molar-refractivity contribution is -0.116. The molecule has 7 heteroatoms. The SMILES string of the molecule is COc1ccccc1NC(=O)CCN1CCN(c2cnccn2)CC1. The van der Waals surface area contributed by atoms with Gasteiger partial charge in [0.05, 0.1) is 19.0 Å². The summed E-state index contributed by atoms with van der Waals surface area (Å²) >= 11 is 0. The highest BCUT2D eigenvalue weighted by atomic mass is 16.5. The second kappa shape index (κ2) is 8.43. The number of nitrogens with one attached hydrogen (secondary N) is 1. The number of piperazine rings is 1.